The van der Waals surface area contributed by atoms with Crippen molar-refractivity contribution in [3.05, 3.63) is 60.3 Å². The number of nitrogens with zero attached hydrogens (tertiary/aromatic N) is 7. The first-order valence-corrected chi connectivity index (χ1v) is 14.5. The van der Waals surface area contributed by atoms with Crippen molar-refractivity contribution in [2.45, 2.75) is 45.3 Å². The lowest BCUT2D eigenvalue weighted by atomic mass is 9.68. The second-order valence-corrected chi connectivity index (χ2v) is 12.3. The molecule has 0 unspecified atom stereocenters. The summed E-state index contributed by atoms with van der Waals surface area (Å²) in [5.74, 6) is 0. The predicted octanol–water partition coefficient (Wildman–Crippen LogP) is 3.15. The molecule has 1 N–H and O–H groups in total. The first kappa shape index (κ1) is 21.8. The summed E-state index contributed by atoms with van der Waals surface area (Å²) >= 11 is 0. The third-order valence-corrected chi connectivity index (χ3v) is 9.11. The molecule has 10 heteroatoms. The molecule has 182 valence electrons. The lowest BCUT2D eigenvalue weighted by Crippen LogP contribution is -2.32. The number of fused-ring (bicyclic) bond motifs is 2. The average Bonchev–Trinajstić information content (AvgIpc) is 3.63. The van der Waals surface area contributed by atoms with Crippen LogP contribution >= 0.6 is 0 Å². The summed E-state index contributed by atoms with van der Waals surface area (Å²) in [6, 6.07) is 8.15. The van der Waals surface area contributed by atoms with E-state index in [4.69, 9.17) is 4.98 Å². The van der Waals surface area contributed by atoms with E-state index in [1.54, 1.807) is 17.4 Å². The second-order valence-electron chi connectivity index (χ2n) is 10.6. The van der Waals surface area contributed by atoms with E-state index in [1.165, 1.54) is 44.3 Å². The minimum absolute atomic E-state index is 0.525. The van der Waals surface area contributed by atoms with Gasteiger partial charge in [0.2, 0.25) is 0 Å². The number of hydrogen-bond acceptors (Lipinski definition) is 6. The van der Waals surface area contributed by atoms with Crippen LogP contribution < -0.4 is 5.19 Å². The van der Waals surface area contributed by atoms with Gasteiger partial charge in [-0.2, -0.15) is 5.10 Å². The van der Waals surface area contributed by atoms with E-state index in [2.05, 4.69) is 54.3 Å². The van der Waals surface area contributed by atoms with Gasteiger partial charge in [0.1, 0.15) is 11.3 Å². The Kier molecular flexibility index (Phi) is 5.00. The Labute approximate surface area is 209 Å². The Balaban J connectivity index is 1.10. The van der Waals surface area contributed by atoms with Crippen LogP contribution in [0, 0.1) is 5.41 Å². The maximum atomic E-state index is 12.2. The minimum atomic E-state index is -1.85. The Hall–Kier alpha value is -3.50. The van der Waals surface area contributed by atoms with Crippen LogP contribution in [-0.4, -0.2) is 61.2 Å². The summed E-state index contributed by atoms with van der Waals surface area (Å²) < 4.78 is 16.1. The molecule has 7 rings (SSSR count). The van der Waals surface area contributed by atoms with Gasteiger partial charge in [0.15, 0.2) is 0 Å². The number of rotatable bonds is 6. The van der Waals surface area contributed by atoms with Gasteiger partial charge in [-0.05, 0) is 66.7 Å². The molecule has 0 radical (unpaired) electrons. The van der Waals surface area contributed by atoms with Gasteiger partial charge in [-0.3, -0.25) is 10.00 Å². The number of benzene rings is 1. The highest BCUT2D eigenvalue weighted by molar-refractivity contribution is 6.58. The van der Waals surface area contributed by atoms with Gasteiger partial charge in [0, 0.05) is 36.4 Å². The zero-order valence-electron chi connectivity index (χ0n) is 20.3. The fourth-order valence-electron chi connectivity index (χ4n) is 5.90. The molecule has 1 saturated carbocycles. The SMILES string of the molecule is C[Si](=O)c1cc(-c2cn(Cc3cn4cc(CN5CCC6(CCC6)C5)ccc4n3)nn2)c2cn[nH]c2c1. The summed E-state index contributed by atoms with van der Waals surface area (Å²) in [5.41, 5.74) is 6.28. The molecule has 2 fully saturated rings. The molecule has 1 saturated heterocycles. The average molecular weight is 497 g/mol. The third kappa shape index (κ3) is 3.81. The molecule has 1 spiro atoms. The second kappa shape index (κ2) is 8.28. The van der Waals surface area contributed by atoms with Crippen molar-refractivity contribution in [1.82, 2.24) is 39.5 Å². The predicted molar refractivity (Wildman–Crippen MR) is 138 cm³/mol. The van der Waals surface area contributed by atoms with Gasteiger partial charge < -0.3 is 8.86 Å². The van der Waals surface area contributed by atoms with Crippen molar-refractivity contribution in [3.8, 4) is 11.3 Å². The number of aromatic amines is 1. The van der Waals surface area contributed by atoms with E-state index in [1.807, 2.05) is 18.3 Å². The highest BCUT2D eigenvalue weighted by Crippen LogP contribution is 2.48. The van der Waals surface area contributed by atoms with Crippen molar-refractivity contribution in [2.75, 3.05) is 13.1 Å². The topological polar surface area (TPSA) is 97.0 Å². The molecule has 5 heterocycles. The Morgan fingerprint density at radius 3 is 2.83 bits per heavy atom. The van der Waals surface area contributed by atoms with Crippen molar-refractivity contribution >= 4 is 30.4 Å². The molecule has 9 nitrogen and oxygen atoms in total. The molecule has 0 atom stereocenters. The molecule has 0 amide bonds. The van der Waals surface area contributed by atoms with E-state index < -0.39 is 8.68 Å². The summed E-state index contributed by atoms with van der Waals surface area (Å²) in [7, 11) is -1.85. The van der Waals surface area contributed by atoms with Gasteiger partial charge in [-0.15, -0.1) is 5.10 Å². The van der Waals surface area contributed by atoms with E-state index >= 15 is 0 Å². The van der Waals surface area contributed by atoms with Crippen LogP contribution in [-0.2, 0) is 17.6 Å². The molecule has 36 heavy (non-hydrogen) atoms. The molecule has 0 bridgehead atoms. The maximum Gasteiger partial charge on any atom is 0.308 e. The van der Waals surface area contributed by atoms with Gasteiger partial charge in [0.25, 0.3) is 0 Å². The number of aromatic nitrogens is 7. The molecule has 1 aromatic carbocycles. The van der Waals surface area contributed by atoms with Crippen molar-refractivity contribution < 1.29 is 4.46 Å². The Bertz CT molecular complexity index is 1610. The number of nitrogens with one attached hydrogen (secondary N) is 1. The smallest absolute Gasteiger partial charge is 0.308 e. The monoisotopic (exact) mass is 496 g/mol. The van der Waals surface area contributed by atoms with E-state index in [-0.39, 0.29) is 0 Å². The molecular formula is C26H28N8OSi. The van der Waals surface area contributed by atoms with Crippen molar-refractivity contribution in [1.29, 1.82) is 0 Å². The van der Waals surface area contributed by atoms with E-state index in [9.17, 15) is 4.46 Å². The zero-order chi connectivity index (χ0) is 24.3. The Morgan fingerprint density at radius 2 is 2.03 bits per heavy atom. The number of likely N-dealkylation sites (tertiary alicyclic amines) is 1. The summed E-state index contributed by atoms with van der Waals surface area (Å²) in [6.07, 6.45) is 13.6. The maximum absolute atomic E-state index is 12.2. The molecular weight excluding hydrogens is 468 g/mol. The number of H-pyrrole nitrogens is 1. The van der Waals surface area contributed by atoms with Crippen LogP contribution in [0.25, 0.3) is 27.8 Å². The number of imidazole rings is 1. The van der Waals surface area contributed by atoms with Crippen LogP contribution in [0.1, 0.15) is 36.9 Å². The van der Waals surface area contributed by atoms with Crippen LogP contribution in [0.3, 0.4) is 0 Å². The first-order valence-electron chi connectivity index (χ1n) is 12.6. The quantitative estimate of drug-likeness (QED) is 0.363. The highest BCUT2D eigenvalue weighted by atomic mass is 28.3. The normalized spacial score (nSPS) is 17.4. The lowest BCUT2D eigenvalue weighted by Gasteiger charge is -2.38. The fourth-order valence-corrected chi connectivity index (χ4v) is 6.59. The summed E-state index contributed by atoms with van der Waals surface area (Å²) in [5, 5.41) is 17.6. The zero-order valence-corrected chi connectivity index (χ0v) is 21.3. The van der Waals surface area contributed by atoms with E-state index in [0.29, 0.717) is 12.0 Å². The fraction of sp³-hybridized carbons (Fsp3) is 0.385. The number of hydrogen-bond donors (Lipinski definition) is 1. The minimum Gasteiger partial charge on any atom is -0.383 e. The first-order chi connectivity index (χ1) is 17.5. The van der Waals surface area contributed by atoms with Gasteiger partial charge in [-0.25, -0.2) is 9.67 Å². The van der Waals surface area contributed by atoms with Crippen molar-refractivity contribution in [2.24, 2.45) is 5.41 Å². The molecule has 1 aliphatic carbocycles. The van der Waals surface area contributed by atoms with Gasteiger partial charge in [-0.1, -0.05) is 17.7 Å². The summed E-state index contributed by atoms with van der Waals surface area (Å²) in [4.78, 5) is 7.40. The molecule has 2 aliphatic rings. The highest BCUT2D eigenvalue weighted by Gasteiger charge is 2.42. The number of pyridine rings is 1. The largest absolute Gasteiger partial charge is 0.383 e. The van der Waals surface area contributed by atoms with Crippen molar-refractivity contribution in [3.63, 3.8) is 0 Å². The van der Waals surface area contributed by atoms with Gasteiger partial charge in [0.05, 0.1) is 30.1 Å². The molecule has 4 aromatic heterocycles. The molecule has 5 aromatic rings. The van der Waals surface area contributed by atoms with Crippen LogP contribution in [0.2, 0.25) is 6.55 Å². The standard InChI is InChI=1S/C26H28N8OSi/c1-36(35)20-9-21(22-11-27-29-23(22)10-20)24-16-34(31-30-24)15-19-14-33-13-18(3-4-25(33)28-19)12-32-8-7-26(17-32)5-2-6-26/h3-4,9-11,13-14,16H,2,5-8,12,15,17H2,1H3,(H,27,29). The van der Waals surface area contributed by atoms with Gasteiger partial charge >= 0.3 is 8.68 Å². The lowest BCUT2D eigenvalue weighted by molar-refractivity contribution is 0.137. The summed E-state index contributed by atoms with van der Waals surface area (Å²) in [6.45, 7) is 5.73. The van der Waals surface area contributed by atoms with Crippen LogP contribution in [0.15, 0.2) is 49.1 Å². The van der Waals surface area contributed by atoms with Crippen LogP contribution in [0.4, 0.5) is 0 Å². The van der Waals surface area contributed by atoms with Crippen LogP contribution in [0.5, 0.6) is 0 Å². The van der Waals surface area contributed by atoms with E-state index in [0.717, 1.165) is 45.2 Å². The molecule has 1 aliphatic heterocycles. The Morgan fingerprint density at radius 1 is 1.11 bits per heavy atom. The third-order valence-electron chi connectivity index (χ3n) is 8.00.